The number of sulfonamides is 1. The number of ether oxygens (including phenoxy) is 5. The molecule has 14 nitrogen and oxygen atoms in total. The lowest BCUT2D eigenvalue weighted by atomic mass is 9.93. The summed E-state index contributed by atoms with van der Waals surface area (Å²) >= 11 is 0. The monoisotopic (exact) mass is 585 g/mol. The minimum atomic E-state index is -4.33. The van der Waals surface area contributed by atoms with E-state index in [1.807, 2.05) is 0 Å². The van der Waals surface area contributed by atoms with E-state index in [0.717, 1.165) is 0 Å². The van der Waals surface area contributed by atoms with Gasteiger partial charge in [-0.15, -0.1) is 10.2 Å². The Hall–Kier alpha value is -4.34. The SMILES string of the molecule is COc1cccc(-c2nnc(C(OC)(c3ncc(C)nc3OC)C(C)S(N)(=O)=O)n2-c2c(OC)cccc2OC)n1. The van der Waals surface area contributed by atoms with Crippen LogP contribution in [0.5, 0.6) is 23.3 Å². The Balaban J connectivity index is 2.25. The number of aryl methyl sites for hydroxylation is 1. The molecule has 2 N–H and O–H groups in total. The maximum atomic E-state index is 13.1. The summed E-state index contributed by atoms with van der Waals surface area (Å²) in [5.74, 6) is 1.16. The number of methoxy groups -OCH3 is 5. The van der Waals surface area contributed by atoms with Gasteiger partial charge in [0.15, 0.2) is 17.2 Å². The topological polar surface area (TPSA) is 176 Å². The third-order valence-electron chi connectivity index (χ3n) is 6.58. The minimum Gasteiger partial charge on any atom is -0.494 e. The first-order valence-corrected chi connectivity index (χ1v) is 13.8. The Morgan fingerprint density at radius 3 is 2.12 bits per heavy atom. The molecule has 3 heterocycles. The highest BCUT2D eigenvalue weighted by atomic mass is 32.2. The Bertz CT molecular complexity index is 1640. The molecule has 0 aliphatic heterocycles. The molecule has 41 heavy (non-hydrogen) atoms. The van der Waals surface area contributed by atoms with Crippen molar-refractivity contribution >= 4 is 10.0 Å². The number of nitrogens with two attached hydrogens (primary N) is 1. The Morgan fingerprint density at radius 2 is 1.56 bits per heavy atom. The van der Waals surface area contributed by atoms with Crippen LogP contribution in [0.25, 0.3) is 17.2 Å². The van der Waals surface area contributed by atoms with Gasteiger partial charge in [-0.1, -0.05) is 12.1 Å². The van der Waals surface area contributed by atoms with Gasteiger partial charge in [0.05, 0.1) is 34.1 Å². The van der Waals surface area contributed by atoms with Crippen LogP contribution in [-0.4, -0.2) is 78.9 Å². The van der Waals surface area contributed by atoms with Crippen LogP contribution in [0.2, 0.25) is 0 Å². The molecular weight excluding hydrogens is 554 g/mol. The van der Waals surface area contributed by atoms with Gasteiger partial charge in [0, 0.05) is 19.4 Å². The number of rotatable bonds is 11. The summed E-state index contributed by atoms with van der Waals surface area (Å²) in [7, 11) is 2.82. The van der Waals surface area contributed by atoms with E-state index in [9.17, 15) is 8.42 Å². The summed E-state index contributed by atoms with van der Waals surface area (Å²) in [6.07, 6.45) is 1.45. The molecule has 1 aromatic carbocycles. The Labute approximate surface area is 237 Å². The standard InChI is InChI=1S/C26H31N7O7S/c1-15-14-28-22(24(29-15)39-6)26(40-7,16(2)41(27,34)35)25-32-31-23(17-10-8-13-20(30-17)38-5)33(25)21-18(36-3)11-9-12-19(21)37-4/h8-14,16H,1-7H3,(H2,27,34,35). The molecule has 4 rings (SSSR count). The quantitative estimate of drug-likeness (QED) is 0.271. The summed E-state index contributed by atoms with van der Waals surface area (Å²) in [6, 6.07) is 10.2. The predicted octanol–water partition coefficient (Wildman–Crippen LogP) is 2.03. The van der Waals surface area contributed by atoms with Gasteiger partial charge in [-0.05, 0) is 32.0 Å². The van der Waals surface area contributed by atoms with E-state index in [1.165, 1.54) is 53.2 Å². The van der Waals surface area contributed by atoms with Crippen molar-refractivity contribution in [3.63, 3.8) is 0 Å². The highest BCUT2D eigenvalue weighted by Crippen LogP contribution is 2.45. The van der Waals surface area contributed by atoms with Gasteiger partial charge in [0.25, 0.3) is 0 Å². The van der Waals surface area contributed by atoms with Crippen molar-refractivity contribution in [3.05, 3.63) is 59.8 Å². The second-order valence-corrected chi connectivity index (χ2v) is 10.7. The molecule has 0 aliphatic rings. The predicted molar refractivity (Wildman–Crippen MR) is 148 cm³/mol. The molecule has 0 amide bonds. The van der Waals surface area contributed by atoms with Gasteiger partial charge in [0.1, 0.15) is 33.8 Å². The van der Waals surface area contributed by atoms with Gasteiger partial charge in [-0.25, -0.2) is 23.5 Å². The van der Waals surface area contributed by atoms with Crippen LogP contribution >= 0.6 is 0 Å². The number of hydrogen-bond donors (Lipinski definition) is 1. The first-order valence-electron chi connectivity index (χ1n) is 12.2. The van der Waals surface area contributed by atoms with Crippen LogP contribution in [0.15, 0.2) is 42.6 Å². The molecule has 218 valence electrons. The van der Waals surface area contributed by atoms with Gasteiger partial charge < -0.3 is 23.7 Å². The molecule has 0 saturated heterocycles. The molecule has 0 radical (unpaired) electrons. The molecule has 0 bridgehead atoms. The summed E-state index contributed by atoms with van der Waals surface area (Å²) in [5.41, 5.74) is -0.823. The van der Waals surface area contributed by atoms with E-state index in [-0.39, 0.29) is 23.2 Å². The zero-order valence-electron chi connectivity index (χ0n) is 23.6. The first kappa shape index (κ1) is 29.6. The second kappa shape index (κ2) is 11.6. The summed E-state index contributed by atoms with van der Waals surface area (Å²) < 4.78 is 56.1. The molecule has 0 aliphatic carbocycles. The average Bonchev–Trinajstić information content (AvgIpc) is 3.42. The number of nitrogens with zero attached hydrogens (tertiary/aromatic N) is 6. The Kier molecular flexibility index (Phi) is 8.42. The van der Waals surface area contributed by atoms with Crippen LogP contribution in [0.4, 0.5) is 0 Å². The molecule has 4 aromatic rings. The second-order valence-electron chi connectivity index (χ2n) is 8.80. The third-order valence-corrected chi connectivity index (χ3v) is 7.89. The molecule has 3 aromatic heterocycles. The van der Waals surface area contributed by atoms with Gasteiger partial charge in [0.2, 0.25) is 21.8 Å². The van der Waals surface area contributed by atoms with Gasteiger partial charge >= 0.3 is 0 Å². The van der Waals surface area contributed by atoms with Gasteiger partial charge in [-0.2, -0.15) is 0 Å². The lowest BCUT2D eigenvalue weighted by molar-refractivity contribution is 0.00632. The van der Waals surface area contributed by atoms with Crippen molar-refractivity contribution in [1.82, 2.24) is 29.7 Å². The van der Waals surface area contributed by atoms with Crippen molar-refractivity contribution in [2.75, 3.05) is 35.5 Å². The van der Waals surface area contributed by atoms with Crippen molar-refractivity contribution in [1.29, 1.82) is 0 Å². The molecule has 0 saturated carbocycles. The lowest BCUT2D eigenvalue weighted by Crippen LogP contribution is -2.50. The average molecular weight is 586 g/mol. The molecule has 2 atom stereocenters. The highest BCUT2D eigenvalue weighted by Gasteiger charge is 2.54. The maximum Gasteiger partial charge on any atom is 0.239 e. The number of benzene rings is 1. The van der Waals surface area contributed by atoms with E-state index in [1.54, 1.807) is 43.3 Å². The number of hydrogen-bond acceptors (Lipinski definition) is 12. The number of para-hydroxylation sites is 1. The lowest BCUT2D eigenvalue weighted by Gasteiger charge is -2.36. The van der Waals surface area contributed by atoms with Gasteiger partial charge in [-0.3, -0.25) is 9.55 Å². The molecule has 0 spiro atoms. The highest BCUT2D eigenvalue weighted by molar-refractivity contribution is 7.89. The third kappa shape index (κ3) is 5.14. The van der Waals surface area contributed by atoms with E-state index >= 15 is 0 Å². The fourth-order valence-electron chi connectivity index (χ4n) is 4.53. The van der Waals surface area contributed by atoms with Crippen molar-refractivity contribution in [3.8, 4) is 40.5 Å². The van der Waals surface area contributed by atoms with Crippen LogP contribution in [0.3, 0.4) is 0 Å². The van der Waals surface area contributed by atoms with E-state index in [4.69, 9.17) is 28.8 Å². The Morgan fingerprint density at radius 1 is 0.902 bits per heavy atom. The molecular formula is C26H31N7O7S. The van der Waals surface area contributed by atoms with E-state index in [2.05, 4.69) is 25.1 Å². The van der Waals surface area contributed by atoms with Crippen molar-refractivity contribution in [2.24, 2.45) is 5.14 Å². The fraction of sp³-hybridized carbons (Fsp3) is 0.346. The summed E-state index contributed by atoms with van der Waals surface area (Å²) in [5, 5.41) is 13.2. The fourth-order valence-corrected chi connectivity index (χ4v) is 5.30. The summed E-state index contributed by atoms with van der Waals surface area (Å²) in [6.45, 7) is 3.09. The summed E-state index contributed by atoms with van der Waals surface area (Å²) in [4.78, 5) is 13.5. The zero-order valence-corrected chi connectivity index (χ0v) is 24.5. The number of pyridine rings is 1. The van der Waals surface area contributed by atoms with Crippen LogP contribution in [0.1, 0.15) is 24.1 Å². The molecule has 15 heteroatoms. The maximum absolute atomic E-state index is 13.1. The first-order chi connectivity index (χ1) is 19.6. The van der Waals surface area contributed by atoms with Crippen LogP contribution < -0.4 is 24.1 Å². The smallest absolute Gasteiger partial charge is 0.239 e. The van der Waals surface area contributed by atoms with Crippen LogP contribution in [-0.2, 0) is 20.4 Å². The number of primary sulfonamides is 1. The van der Waals surface area contributed by atoms with Crippen molar-refractivity contribution < 1.29 is 32.1 Å². The normalized spacial score (nSPS) is 13.8. The molecule has 2 unspecified atom stereocenters. The zero-order chi connectivity index (χ0) is 29.9. The van der Waals surface area contributed by atoms with E-state index < -0.39 is 20.9 Å². The minimum absolute atomic E-state index is 0.00212. The molecule has 0 fully saturated rings. The number of aromatic nitrogens is 6. The van der Waals surface area contributed by atoms with E-state index in [0.29, 0.717) is 34.5 Å². The van der Waals surface area contributed by atoms with Crippen LogP contribution in [0, 0.1) is 6.92 Å². The van der Waals surface area contributed by atoms with Crippen molar-refractivity contribution in [2.45, 2.75) is 24.7 Å². The largest absolute Gasteiger partial charge is 0.494 e.